The van der Waals surface area contributed by atoms with Crippen LogP contribution in [0.3, 0.4) is 0 Å². The van der Waals surface area contributed by atoms with Crippen LogP contribution in [0.25, 0.3) is 0 Å². The molecule has 2 heterocycles. The first-order chi connectivity index (χ1) is 5.91. The molecule has 0 aliphatic carbocycles. The average molecular weight is 202 g/mol. The maximum atomic E-state index is 12.2. The number of fused-ring (bicyclic) bond motifs is 2. The van der Waals surface area contributed by atoms with Crippen LogP contribution in [0.4, 0.5) is 0 Å². The lowest BCUT2D eigenvalue weighted by atomic mass is 9.87. The third kappa shape index (κ3) is 1.03. The fraction of sp³-hybridized carbons (Fsp3) is 1.00. The van der Waals surface area contributed by atoms with Gasteiger partial charge in [-0.05, 0) is 39.5 Å². The summed E-state index contributed by atoms with van der Waals surface area (Å²) < 4.78 is 23.7. The second-order valence-corrected chi connectivity index (χ2v) is 8.09. The zero-order chi connectivity index (χ0) is 9.74. The van der Waals surface area contributed by atoms with Crippen LogP contribution in [-0.4, -0.2) is 17.9 Å². The molecule has 2 saturated heterocycles. The number of sulfone groups is 1. The summed E-state index contributed by atoms with van der Waals surface area (Å²) >= 11 is 0. The summed E-state index contributed by atoms with van der Waals surface area (Å²) in [5.74, 6) is 0. The molecule has 2 atom stereocenters. The quantitative estimate of drug-likeness (QED) is 0.604. The molecule has 0 N–H and O–H groups in total. The van der Waals surface area contributed by atoms with Crippen molar-refractivity contribution in [1.29, 1.82) is 0 Å². The van der Waals surface area contributed by atoms with Gasteiger partial charge in [-0.3, -0.25) is 0 Å². The van der Waals surface area contributed by atoms with Gasteiger partial charge in [-0.25, -0.2) is 8.42 Å². The fourth-order valence-electron chi connectivity index (χ4n) is 2.91. The molecule has 2 bridgehead atoms. The van der Waals surface area contributed by atoms with E-state index in [4.69, 9.17) is 0 Å². The molecular formula is C10H18O2S. The molecule has 0 radical (unpaired) electrons. The summed E-state index contributed by atoms with van der Waals surface area (Å²) in [6, 6.07) is 0. The topological polar surface area (TPSA) is 34.1 Å². The smallest absolute Gasteiger partial charge is 0.161 e. The molecule has 2 rings (SSSR count). The van der Waals surface area contributed by atoms with E-state index < -0.39 is 19.3 Å². The Bertz CT molecular complexity index is 286. The van der Waals surface area contributed by atoms with Gasteiger partial charge < -0.3 is 0 Å². The highest BCUT2D eigenvalue weighted by Gasteiger charge is 2.57. The Morgan fingerprint density at radius 1 is 0.846 bits per heavy atom. The Balaban J connectivity index is 2.54. The lowest BCUT2D eigenvalue weighted by Gasteiger charge is -2.25. The van der Waals surface area contributed by atoms with Crippen LogP contribution in [-0.2, 0) is 9.84 Å². The summed E-state index contributed by atoms with van der Waals surface area (Å²) in [4.78, 5) is 0. The molecule has 3 heteroatoms. The Morgan fingerprint density at radius 2 is 1.23 bits per heavy atom. The molecule has 2 aliphatic rings. The van der Waals surface area contributed by atoms with Crippen molar-refractivity contribution in [2.24, 2.45) is 0 Å². The molecule has 0 spiro atoms. The third-order valence-electron chi connectivity index (χ3n) is 4.14. The van der Waals surface area contributed by atoms with Crippen LogP contribution < -0.4 is 0 Å². The molecule has 0 saturated carbocycles. The van der Waals surface area contributed by atoms with Gasteiger partial charge in [0.15, 0.2) is 9.84 Å². The fourth-order valence-corrected chi connectivity index (χ4v) is 5.67. The van der Waals surface area contributed by atoms with E-state index in [0.717, 1.165) is 38.5 Å². The summed E-state index contributed by atoms with van der Waals surface area (Å²) in [7, 11) is -2.86. The van der Waals surface area contributed by atoms with E-state index >= 15 is 0 Å². The summed E-state index contributed by atoms with van der Waals surface area (Å²) in [5, 5.41) is 0. The van der Waals surface area contributed by atoms with Crippen molar-refractivity contribution in [2.75, 3.05) is 0 Å². The Hall–Kier alpha value is -0.0500. The van der Waals surface area contributed by atoms with Crippen LogP contribution in [0, 0.1) is 0 Å². The first-order valence-electron chi connectivity index (χ1n) is 5.16. The number of hydrogen-bond acceptors (Lipinski definition) is 2. The maximum absolute atomic E-state index is 12.2. The van der Waals surface area contributed by atoms with E-state index in [2.05, 4.69) is 0 Å². The second-order valence-electron chi connectivity index (χ2n) is 5.11. The van der Waals surface area contributed by atoms with Gasteiger partial charge in [-0.2, -0.15) is 0 Å². The van der Waals surface area contributed by atoms with Gasteiger partial charge in [0.2, 0.25) is 0 Å². The van der Waals surface area contributed by atoms with Crippen molar-refractivity contribution in [3.05, 3.63) is 0 Å². The normalized spacial score (nSPS) is 48.8. The van der Waals surface area contributed by atoms with Crippen molar-refractivity contribution >= 4 is 9.84 Å². The summed E-state index contributed by atoms with van der Waals surface area (Å²) in [6.45, 7) is 3.89. The standard InChI is InChI=1S/C10H18O2S/c1-9-5-3-4-6-10(2,8-7-9)13(9,11)12/h3-8H2,1-2H3/t9-,10+. The molecule has 2 aliphatic heterocycles. The molecule has 13 heavy (non-hydrogen) atoms. The van der Waals surface area contributed by atoms with Crippen molar-refractivity contribution in [3.8, 4) is 0 Å². The molecule has 0 unspecified atom stereocenters. The van der Waals surface area contributed by atoms with Crippen molar-refractivity contribution in [2.45, 2.75) is 61.9 Å². The van der Waals surface area contributed by atoms with Crippen LogP contribution in [0.2, 0.25) is 0 Å². The van der Waals surface area contributed by atoms with Gasteiger partial charge in [0.25, 0.3) is 0 Å². The summed E-state index contributed by atoms with van der Waals surface area (Å²) in [6.07, 6.45) is 5.70. The lowest BCUT2D eigenvalue weighted by molar-refractivity contribution is 0.434. The Kier molecular flexibility index (Phi) is 1.83. The number of hydrogen-bond donors (Lipinski definition) is 0. The van der Waals surface area contributed by atoms with Crippen LogP contribution in [0.5, 0.6) is 0 Å². The van der Waals surface area contributed by atoms with E-state index in [1.807, 2.05) is 13.8 Å². The van der Waals surface area contributed by atoms with Crippen LogP contribution in [0.15, 0.2) is 0 Å². The highest BCUT2D eigenvalue weighted by Crippen LogP contribution is 2.51. The molecule has 0 aromatic rings. The third-order valence-corrected chi connectivity index (χ3v) is 7.55. The molecule has 2 fully saturated rings. The Morgan fingerprint density at radius 3 is 1.62 bits per heavy atom. The van der Waals surface area contributed by atoms with E-state index in [0.29, 0.717) is 0 Å². The van der Waals surface area contributed by atoms with Gasteiger partial charge in [-0.1, -0.05) is 12.8 Å². The van der Waals surface area contributed by atoms with Crippen LogP contribution in [0.1, 0.15) is 52.4 Å². The second kappa shape index (κ2) is 2.50. The molecule has 76 valence electrons. The Labute approximate surface area is 80.6 Å². The van der Waals surface area contributed by atoms with Gasteiger partial charge in [0.05, 0.1) is 9.49 Å². The van der Waals surface area contributed by atoms with Crippen LogP contribution >= 0.6 is 0 Å². The van der Waals surface area contributed by atoms with E-state index in [1.54, 1.807) is 0 Å². The van der Waals surface area contributed by atoms with E-state index in [1.165, 1.54) is 0 Å². The molecular weight excluding hydrogens is 184 g/mol. The van der Waals surface area contributed by atoms with E-state index in [-0.39, 0.29) is 0 Å². The molecule has 0 aromatic heterocycles. The minimum Gasteiger partial charge on any atom is -0.228 e. The molecule has 2 nitrogen and oxygen atoms in total. The van der Waals surface area contributed by atoms with Crippen molar-refractivity contribution in [1.82, 2.24) is 0 Å². The highest BCUT2D eigenvalue weighted by molar-refractivity contribution is 7.94. The van der Waals surface area contributed by atoms with Crippen molar-refractivity contribution < 1.29 is 8.42 Å². The van der Waals surface area contributed by atoms with E-state index in [9.17, 15) is 8.42 Å². The first-order valence-corrected chi connectivity index (χ1v) is 6.64. The first kappa shape index (κ1) is 9.50. The lowest BCUT2D eigenvalue weighted by Crippen LogP contribution is -2.38. The SMILES string of the molecule is C[C@]12CCCC[C@](C)(CC1)S2(=O)=O. The largest absolute Gasteiger partial charge is 0.228 e. The molecule has 0 amide bonds. The average Bonchev–Trinajstić information content (AvgIpc) is 2.15. The minimum atomic E-state index is -2.86. The van der Waals surface area contributed by atoms with Crippen molar-refractivity contribution in [3.63, 3.8) is 0 Å². The minimum absolute atomic E-state index is 0.391. The predicted molar refractivity (Wildman–Crippen MR) is 53.4 cm³/mol. The maximum Gasteiger partial charge on any atom is 0.161 e. The molecule has 0 aromatic carbocycles. The zero-order valence-electron chi connectivity index (χ0n) is 8.47. The van der Waals surface area contributed by atoms with Gasteiger partial charge >= 0.3 is 0 Å². The highest BCUT2D eigenvalue weighted by atomic mass is 32.2. The van der Waals surface area contributed by atoms with Gasteiger partial charge in [0, 0.05) is 0 Å². The number of rotatable bonds is 0. The van der Waals surface area contributed by atoms with Gasteiger partial charge in [0.1, 0.15) is 0 Å². The zero-order valence-corrected chi connectivity index (χ0v) is 9.28. The monoisotopic (exact) mass is 202 g/mol. The predicted octanol–water partition coefficient (Wildman–Crippen LogP) is 2.29. The van der Waals surface area contributed by atoms with Gasteiger partial charge in [-0.15, -0.1) is 0 Å². The summed E-state index contributed by atoms with van der Waals surface area (Å²) in [5.41, 5.74) is 0.